The van der Waals surface area contributed by atoms with Crippen LogP contribution in [0.1, 0.15) is 33.6 Å². The highest BCUT2D eigenvalue weighted by Crippen LogP contribution is 2.23. The average Bonchev–Trinajstić information content (AvgIpc) is 2.84. The highest BCUT2D eigenvalue weighted by molar-refractivity contribution is 4.85. The first-order chi connectivity index (χ1) is 8.97. The first-order valence-electron chi connectivity index (χ1n) is 7.69. The van der Waals surface area contributed by atoms with Crippen LogP contribution in [0.4, 0.5) is 0 Å². The van der Waals surface area contributed by atoms with Crippen molar-refractivity contribution in [3.8, 4) is 0 Å². The molecule has 2 atom stereocenters. The van der Waals surface area contributed by atoms with E-state index in [0.29, 0.717) is 6.04 Å². The molecule has 0 aliphatic carbocycles. The molecule has 2 unspecified atom stereocenters. The van der Waals surface area contributed by atoms with E-state index in [9.17, 15) is 5.11 Å². The van der Waals surface area contributed by atoms with Gasteiger partial charge >= 0.3 is 0 Å². The Morgan fingerprint density at radius 3 is 2.53 bits per heavy atom. The monoisotopic (exact) mass is 270 g/mol. The summed E-state index contributed by atoms with van der Waals surface area (Å²) in [4.78, 5) is 5.08. The topological polar surface area (TPSA) is 35.9 Å². The molecule has 0 saturated carbocycles. The fraction of sp³-hybridized carbons (Fsp3) is 1.00. The lowest BCUT2D eigenvalue weighted by molar-refractivity contribution is 0.0172. The fourth-order valence-electron chi connectivity index (χ4n) is 2.99. The number of likely N-dealkylation sites (tertiary alicyclic amines) is 1. The van der Waals surface area contributed by atoms with Gasteiger partial charge in [-0.2, -0.15) is 0 Å². The number of ether oxygens (including phenoxy) is 1. The molecule has 1 N–H and O–H groups in total. The van der Waals surface area contributed by atoms with Gasteiger partial charge in [0.2, 0.25) is 0 Å². The van der Waals surface area contributed by atoms with Crippen molar-refractivity contribution in [2.24, 2.45) is 5.41 Å². The zero-order chi connectivity index (χ0) is 13.9. The number of morpholine rings is 1. The smallest absolute Gasteiger partial charge is 0.0600 e. The zero-order valence-electron chi connectivity index (χ0n) is 12.8. The Morgan fingerprint density at radius 1 is 1.21 bits per heavy atom. The van der Waals surface area contributed by atoms with Crippen molar-refractivity contribution in [1.82, 2.24) is 9.80 Å². The standard InChI is InChI=1S/C15H30N2O2/c1-15(2,3)14(18)5-7-16-6-4-13(12-16)17-8-10-19-11-9-17/h13-14,18H,4-12H2,1-3H3. The van der Waals surface area contributed by atoms with Gasteiger partial charge in [0.15, 0.2) is 0 Å². The largest absolute Gasteiger partial charge is 0.393 e. The van der Waals surface area contributed by atoms with E-state index in [1.54, 1.807) is 0 Å². The number of hydrogen-bond donors (Lipinski definition) is 1. The second kappa shape index (κ2) is 6.53. The third kappa shape index (κ3) is 4.42. The van der Waals surface area contributed by atoms with Crippen LogP contribution in [0.2, 0.25) is 0 Å². The van der Waals surface area contributed by atoms with E-state index in [1.165, 1.54) is 13.0 Å². The molecule has 0 aromatic heterocycles. The first-order valence-corrected chi connectivity index (χ1v) is 7.69. The molecule has 2 saturated heterocycles. The molecule has 0 aromatic carbocycles. The summed E-state index contributed by atoms with van der Waals surface area (Å²) >= 11 is 0. The number of rotatable bonds is 4. The van der Waals surface area contributed by atoms with Gasteiger partial charge in [-0.05, 0) is 24.8 Å². The molecule has 0 spiro atoms. The minimum Gasteiger partial charge on any atom is -0.393 e. The zero-order valence-corrected chi connectivity index (χ0v) is 12.8. The highest BCUT2D eigenvalue weighted by atomic mass is 16.5. The molecule has 112 valence electrons. The molecule has 0 bridgehead atoms. The summed E-state index contributed by atoms with van der Waals surface area (Å²) in [5.74, 6) is 0. The van der Waals surface area contributed by atoms with Crippen molar-refractivity contribution >= 4 is 0 Å². The van der Waals surface area contributed by atoms with Gasteiger partial charge < -0.3 is 14.7 Å². The molecule has 0 radical (unpaired) electrons. The summed E-state index contributed by atoms with van der Waals surface area (Å²) in [7, 11) is 0. The van der Waals surface area contributed by atoms with Crippen LogP contribution in [-0.2, 0) is 4.74 Å². The van der Waals surface area contributed by atoms with Crippen LogP contribution in [0.15, 0.2) is 0 Å². The number of aliphatic hydroxyl groups is 1. The Balaban J connectivity index is 1.70. The van der Waals surface area contributed by atoms with Crippen LogP contribution in [0.5, 0.6) is 0 Å². The van der Waals surface area contributed by atoms with Gasteiger partial charge in [0, 0.05) is 32.2 Å². The van der Waals surface area contributed by atoms with Crippen molar-refractivity contribution in [3.63, 3.8) is 0 Å². The molecular weight excluding hydrogens is 240 g/mol. The van der Waals surface area contributed by atoms with Crippen LogP contribution in [-0.4, -0.2) is 73.0 Å². The predicted molar refractivity (Wildman–Crippen MR) is 77.3 cm³/mol. The Hall–Kier alpha value is -0.160. The SMILES string of the molecule is CC(C)(C)C(O)CCN1CCC(N2CCOCC2)C1. The van der Waals surface area contributed by atoms with E-state index in [-0.39, 0.29) is 11.5 Å². The first kappa shape index (κ1) is 15.2. The lowest BCUT2D eigenvalue weighted by Gasteiger charge is -2.32. The second-order valence-electron chi connectivity index (χ2n) is 7.06. The minimum absolute atomic E-state index is 0.00331. The molecule has 2 fully saturated rings. The Bertz CT molecular complexity index is 272. The maximum atomic E-state index is 10.1. The van der Waals surface area contributed by atoms with Gasteiger partial charge in [0.05, 0.1) is 19.3 Å². The minimum atomic E-state index is -0.199. The van der Waals surface area contributed by atoms with E-state index in [0.717, 1.165) is 45.8 Å². The third-order valence-corrected chi connectivity index (χ3v) is 4.53. The Labute approximate surface area is 117 Å². The molecule has 0 amide bonds. The van der Waals surface area contributed by atoms with Crippen LogP contribution >= 0.6 is 0 Å². The molecule has 4 heteroatoms. The molecule has 2 heterocycles. The molecule has 4 nitrogen and oxygen atoms in total. The lowest BCUT2D eigenvalue weighted by atomic mass is 9.87. The normalized spacial score (nSPS) is 28.7. The van der Waals surface area contributed by atoms with Gasteiger partial charge in [0.1, 0.15) is 0 Å². The Kier molecular flexibility index (Phi) is 5.23. The van der Waals surface area contributed by atoms with E-state index in [2.05, 4.69) is 30.6 Å². The van der Waals surface area contributed by atoms with Crippen LogP contribution < -0.4 is 0 Å². The quantitative estimate of drug-likeness (QED) is 0.832. The molecule has 2 rings (SSSR count). The van der Waals surface area contributed by atoms with Crippen LogP contribution in [0, 0.1) is 5.41 Å². The van der Waals surface area contributed by atoms with Gasteiger partial charge in [-0.1, -0.05) is 20.8 Å². The van der Waals surface area contributed by atoms with Gasteiger partial charge in [-0.3, -0.25) is 4.90 Å². The maximum absolute atomic E-state index is 10.1. The molecule has 19 heavy (non-hydrogen) atoms. The Morgan fingerprint density at radius 2 is 1.89 bits per heavy atom. The predicted octanol–water partition coefficient (Wildman–Crippen LogP) is 1.19. The number of nitrogens with zero attached hydrogens (tertiary/aromatic N) is 2. The van der Waals surface area contributed by atoms with E-state index in [1.807, 2.05) is 0 Å². The lowest BCUT2D eigenvalue weighted by Crippen LogP contribution is -2.44. The van der Waals surface area contributed by atoms with Gasteiger partial charge in [0.25, 0.3) is 0 Å². The summed E-state index contributed by atoms with van der Waals surface area (Å²) in [6.07, 6.45) is 1.96. The molecule has 2 aliphatic heterocycles. The summed E-state index contributed by atoms with van der Waals surface area (Å²) in [6, 6.07) is 0.704. The second-order valence-corrected chi connectivity index (χ2v) is 7.06. The number of aliphatic hydroxyl groups excluding tert-OH is 1. The average molecular weight is 270 g/mol. The maximum Gasteiger partial charge on any atom is 0.0600 e. The van der Waals surface area contributed by atoms with Crippen molar-refractivity contribution in [2.75, 3.05) is 45.9 Å². The van der Waals surface area contributed by atoms with E-state index in [4.69, 9.17) is 4.74 Å². The van der Waals surface area contributed by atoms with Crippen LogP contribution in [0.25, 0.3) is 0 Å². The van der Waals surface area contributed by atoms with Crippen molar-refractivity contribution < 1.29 is 9.84 Å². The van der Waals surface area contributed by atoms with Crippen LogP contribution in [0.3, 0.4) is 0 Å². The molecule has 0 aromatic rings. The highest BCUT2D eigenvalue weighted by Gasteiger charge is 2.29. The number of hydrogen-bond acceptors (Lipinski definition) is 4. The van der Waals surface area contributed by atoms with E-state index >= 15 is 0 Å². The van der Waals surface area contributed by atoms with Gasteiger partial charge in [-0.25, -0.2) is 0 Å². The molecule has 2 aliphatic rings. The summed E-state index contributed by atoms with van der Waals surface area (Å²) < 4.78 is 5.41. The fourth-order valence-corrected chi connectivity index (χ4v) is 2.99. The summed E-state index contributed by atoms with van der Waals surface area (Å²) in [5.41, 5.74) is 0.00331. The van der Waals surface area contributed by atoms with E-state index < -0.39 is 0 Å². The van der Waals surface area contributed by atoms with Crippen molar-refractivity contribution in [3.05, 3.63) is 0 Å². The summed E-state index contributed by atoms with van der Waals surface area (Å²) in [5, 5.41) is 10.1. The third-order valence-electron chi connectivity index (χ3n) is 4.53. The van der Waals surface area contributed by atoms with Crippen molar-refractivity contribution in [2.45, 2.75) is 45.8 Å². The summed E-state index contributed by atoms with van der Waals surface area (Å²) in [6.45, 7) is 13.6. The molecular formula is C15H30N2O2. The van der Waals surface area contributed by atoms with Gasteiger partial charge in [-0.15, -0.1) is 0 Å². The van der Waals surface area contributed by atoms with Crippen molar-refractivity contribution in [1.29, 1.82) is 0 Å².